The van der Waals surface area contributed by atoms with Gasteiger partial charge in [-0.25, -0.2) is 4.98 Å². The number of hydrogen-bond acceptors (Lipinski definition) is 5. The predicted molar refractivity (Wildman–Crippen MR) is 82.1 cm³/mol. The molecule has 0 aliphatic heterocycles. The number of anilines is 2. The van der Waals surface area contributed by atoms with Gasteiger partial charge in [-0.15, -0.1) is 0 Å². The second-order valence-corrected chi connectivity index (χ2v) is 5.45. The second-order valence-electron chi connectivity index (χ2n) is 4.06. The Labute approximate surface area is 119 Å². The molecule has 0 saturated carbocycles. The molecule has 4 nitrogen and oxygen atoms in total. The molecule has 0 amide bonds. The van der Waals surface area contributed by atoms with Crippen molar-refractivity contribution >= 4 is 35.1 Å². The molecule has 0 unspecified atom stereocenters. The van der Waals surface area contributed by atoms with Crippen LogP contribution in [0.1, 0.15) is 19.8 Å². The van der Waals surface area contributed by atoms with Crippen LogP contribution < -0.4 is 10.2 Å². The molecular formula is C12H21ClN4S. The van der Waals surface area contributed by atoms with Gasteiger partial charge in [-0.2, -0.15) is 16.7 Å². The van der Waals surface area contributed by atoms with Crippen molar-refractivity contribution in [3.05, 3.63) is 11.2 Å². The Hall–Kier alpha value is -0.680. The molecule has 1 rings (SSSR count). The van der Waals surface area contributed by atoms with E-state index in [1.807, 2.05) is 18.8 Å². The predicted octanol–water partition coefficient (Wildman–Crippen LogP) is 3.14. The Kier molecular flexibility index (Phi) is 7.20. The normalized spacial score (nSPS) is 10.4. The average molecular weight is 289 g/mol. The zero-order valence-electron chi connectivity index (χ0n) is 11.2. The lowest BCUT2D eigenvalue weighted by Gasteiger charge is -2.19. The van der Waals surface area contributed by atoms with E-state index in [1.54, 1.807) is 6.20 Å². The Morgan fingerprint density at radius 3 is 2.94 bits per heavy atom. The highest BCUT2D eigenvalue weighted by Gasteiger charge is 2.09. The van der Waals surface area contributed by atoms with E-state index in [9.17, 15) is 0 Å². The molecular weight excluding hydrogens is 268 g/mol. The molecule has 0 atom stereocenters. The molecule has 18 heavy (non-hydrogen) atoms. The van der Waals surface area contributed by atoms with E-state index in [-0.39, 0.29) is 0 Å². The maximum atomic E-state index is 6.14. The molecule has 0 aromatic carbocycles. The number of aromatic nitrogens is 2. The van der Waals surface area contributed by atoms with Gasteiger partial charge < -0.3 is 10.2 Å². The summed E-state index contributed by atoms with van der Waals surface area (Å²) in [5, 5.41) is 3.77. The van der Waals surface area contributed by atoms with Crippen LogP contribution in [0.25, 0.3) is 0 Å². The number of rotatable bonds is 8. The van der Waals surface area contributed by atoms with Gasteiger partial charge in [0.15, 0.2) is 5.82 Å². The second kappa shape index (κ2) is 8.43. The van der Waals surface area contributed by atoms with Gasteiger partial charge in [0.2, 0.25) is 5.95 Å². The first-order chi connectivity index (χ1) is 8.69. The van der Waals surface area contributed by atoms with Crippen molar-refractivity contribution in [1.82, 2.24) is 9.97 Å². The van der Waals surface area contributed by atoms with Crippen molar-refractivity contribution < 1.29 is 0 Å². The number of nitrogens with zero attached hydrogens (tertiary/aromatic N) is 3. The van der Waals surface area contributed by atoms with E-state index in [0.29, 0.717) is 11.0 Å². The van der Waals surface area contributed by atoms with Gasteiger partial charge in [0.25, 0.3) is 0 Å². The topological polar surface area (TPSA) is 41.1 Å². The SMILES string of the molecule is CCCNc1ncc(Cl)c(N(C)CCCSC)n1. The number of nitrogens with one attached hydrogen (secondary N) is 1. The fourth-order valence-electron chi connectivity index (χ4n) is 1.50. The van der Waals surface area contributed by atoms with E-state index in [1.165, 1.54) is 0 Å². The van der Waals surface area contributed by atoms with Crippen LogP contribution in [0.3, 0.4) is 0 Å². The zero-order chi connectivity index (χ0) is 13.4. The van der Waals surface area contributed by atoms with Gasteiger partial charge in [0, 0.05) is 20.1 Å². The van der Waals surface area contributed by atoms with Crippen LogP contribution in [0.4, 0.5) is 11.8 Å². The van der Waals surface area contributed by atoms with E-state index >= 15 is 0 Å². The highest BCUT2D eigenvalue weighted by Crippen LogP contribution is 2.22. The van der Waals surface area contributed by atoms with Crippen molar-refractivity contribution in [3.63, 3.8) is 0 Å². The van der Waals surface area contributed by atoms with E-state index in [0.717, 1.165) is 37.5 Å². The van der Waals surface area contributed by atoms with Gasteiger partial charge >= 0.3 is 0 Å². The van der Waals surface area contributed by atoms with Crippen LogP contribution in [0.15, 0.2) is 6.20 Å². The van der Waals surface area contributed by atoms with Crippen molar-refractivity contribution in [2.24, 2.45) is 0 Å². The quantitative estimate of drug-likeness (QED) is 0.744. The Bertz CT molecular complexity index is 362. The molecule has 0 fully saturated rings. The molecule has 0 spiro atoms. The largest absolute Gasteiger partial charge is 0.358 e. The summed E-state index contributed by atoms with van der Waals surface area (Å²) in [4.78, 5) is 10.7. The molecule has 1 heterocycles. The first-order valence-electron chi connectivity index (χ1n) is 6.15. The summed E-state index contributed by atoms with van der Waals surface area (Å²) in [6, 6.07) is 0. The number of hydrogen-bond donors (Lipinski definition) is 1. The summed E-state index contributed by atoms with van der Waals surface area (Å²) in [6.07, 6.45) is 5.94. The molecule has 0 aliphatic rings. The molecule has 0 radical (unpaired) electrons. The van der Waals surface area contributed by atoms with Crippen LogP contribution in [-0.4, -0.2) is 42.1 Å². The molecule has 1 N–H and O–H groups in total. The van der Waals surface area contributed by atoms with Crippen LogP contribution in [-0.2, 0) is 0 Å². The monoisotopic (exact) mass is 288 g/mol. The van der Waals surface area contributed by atoms with Gasteiger partial charge in [0.1, 0.15) is 5.02 Å². The maximum absolute atomic E-state index is 6.14. The highest BCUT2D eigenvalue weighted by molar-refractivity contribution is 7.98. The Balaban J connectivity index is 2.66. The smallest absolute Gasteiger partial charge is 0.224 e. The molecule has 102 valence electrons. The fourth-order valence-corrected chi connectivity index (χ4v) is 2.15. The van der Waals surface area contributed by atoms with Crippen LogP contribution in [0, 0.1) is 0 Å². The first-order valence-corrected chi connectivity index (χ1v) is 7.92. The lowest BCUT2D eigenvalue weighted by Crippen LogP contribution is -2.21. The Morgan fingerprint density at radius 2 is 2.28 bits per heavy atom. The van der Waals surface area contributed by atoms with Crippen LogP contribution in [0.5, 0.6) is 0 Å². The molecule has 0 aliphatic carbocycles. The minimum absolute atomic E-state index is 0.601. The van der Waals surface area contributed by atoms with E-state index in [4.69, 9.17) is 11.6 Å². The third-order valence-corrected chi connectivity index (χ3v) is 3.43. The summed E-state index contributed by atoms with van der Waals surface area (Å²) in [5.41, 5.74) is 0. The summed E-state index contributed by atoms with van der Waals surface area (Å²) in [7, 11) is 2.01. The van der Waals surface area contributed by atoms with Gasteiger partial charge in [-0.3, -0.25) is 0 Å². The number of thioether (sulfide) groups is 1. The average Bonchev–Trinajstić information content (AvgIpc) is 2.38. The molecule has 0 saturated heterocycles. The summed E-state index contributed by atoms with van der Waals surface area (Å²) < 4.78 is 0. The molecule has 0 bridgehead atoms. The lowest BCUT2D eigenvalue weighted by molar-refractivity contribution is 0.840. The number of halogens is 1. The van der Waals surface area contributed by atoms with Crippen molar-refractivity contribution in [1.29, 1.82) is 0 Å². The maximum Gasteiger partial charge on any atom is 0.224 e. The van der Waals surface area contributed by atoms with E-state index < -0.39 is 0 Å². The van der Waals surface area contributed by atoms with Gasteiger partial charge in [-0.05, 0) is 24.9 Å². The minimum atomic E-state index is 0.601. The molecule has 6 heteroatoms. The third kappa shape index (κ3) is 4.90. The van der Waals surface area contributed by atoms with Gasteiger partial charge in [-0.1, -0.05) is 18.5 Å². The highest BCUT2D eigenvalue weighted by atomic mass is 35.5. The molecule has 1 aromatic heterocycles. The first kappa shape index (κ1) is 15.4. The minimum Gasteiger partial charge on any atom is -0.358 e. The summed E-state index contributed by atoms with van der Waals surface area (Å²) in [5.74, 6) is 2.59. The van der Waals surface area contributed by atoms with Crippen molar-refractivity contribution in [2.75, 3.05) is 42.4 Å². The molecule has 1 aromatic rings. The lowest BCUT2D eigenvalue weighted by atomic mass is 10.4. The standard InChI is InChI=1S/C12H21ClN4S/c1-4-6-14-12-15-9-10(13)11(16-12)17(2)7-5-8-18-3/h9H,4-8H2,1-3H3,(H,14,15,16). The van der Waals surface area contributed by atoms with Crippen molar-refractivity contribution in [2.45, 2.75) is 19.8 Å². The Morgan fingerprint density at radius 1 is 1.50 bits per heavy atom. The fraction of sp³-hybridized carbons (Fsp3) is 0.667. The summed E-state index contributed by atoms with van der Waals surface area (Å²) in [6.45, 7) is 3.93. The van der Waals surface area contributed by atoms with Crippen LogP contribution in [0.2, 0.25) is 5.02 Å². The van der Waals surface area contributed by atoms with E-state index in [2.05, 4.69) is 33.4 Å². The zero-order valence-corrected chi connectivity index (χ0v) is 12.8. The summed E-state index contributed by atoms with van der Waals surface area (Å²) >= 11 is 7.99. The van der Waals surface area contributed by atoms with Crippen molar-refractivity contribution in [3.8, 4) is 0 Å². The van der Waals surface area contributed by atoms with Crippen LogP contribution >= 0.6 is 23.4 Å². The van der Waals surface area contributed by atoms with Gasteiger partial charge in [0.05, 0.1) is 6.20 Å². The third-order valence-electron chi connectivity index (χ3n) is 2.46.